The van der Waals surface area contributed by atoms with Crippen LogP contribution in [-0.2, 0) is 4.79 Å². The summed E-state index contributed by atoms with van der Waals surface area (Å²) < 4.78 is 4.92. The molecule has 1 aromatic rings. The number of para-hydroxylation sites is 2. The maximum Gasteiger partial charge on any atom is 0.306 e. The maximum atomic E-state index is 9.93. The van der Waals surface area contributed by atoms with Crippen LogP contribution in [0.15, 0.2) is 24.3 Å². The highest BCUT2D eigenvalue weighted by atomic mass is 16.5. The molecule has 0 fully saturated rings. The number of carbonyl (C=O) groups is 1. The smallest absolute Gasteiger partial charge is 0.306 e. The summed E-state index contributed by atoms with van der Waals surface area (Å²) in [7, 11) is 1.60. The van der Waals surface area contributed by atoms with E-state index >= 15 is 0 Å². The predicted octanol–water partition coefficient (Wildman–Crippen LogP) is 2.39. The van der Waals surface area contributed by atoms with Gasteiger partial charge in [-0.1, -0.05) is 26.0 Å². The molecule has 0 bridgehead atoms. The quantitative estimate of drug-likeness (QED) is 0.775. The SMILES string of the molecule is CCC(C)C(=O)O.COc1ccccc1N. The molecular weight excluding hydrogens is 206 g/mol. The molecule has 1 rings (SSSR count). The zero-order valence-corrected chi connectivity index (χ0v) is 9.93. The van der Waals surface area contributed by atoms with Gasteiger partial charge >= 0.3 is 5.97 Å². The zero-order valence-electron chi connectivity index (χ0n) is 9.93. The van der Waals surface area contributed by atoms with E-state index < -0.39 is 5.97 Å². The van der Waals surface area contributed by atoms with Crippen molar-refractivity contribution < 1.29 is 14.6 Å². The van der Waals surface area contributed by atoms with Crippen molar-refractivity contribution in [1.82, 2.24) is 0 Å². The molecule has 0 radical (unpaired) electrons. The molecule has 0 aliphatic rings. The number of hydrogen-bond acceptors (Lipinski definition) is 3. The first-order valence-corrected chi connectivity index (χ1v) is 5.14. The summed E-state index contributed by atoms with van der Waals surface area (Å²) in [6.07, 6.45) is 0.718. The number of rotatable bonds is 3. The number of methoxy groups -OCH3 is 1. The van der Waals surface area contributed by atoms with E-state index in [-0.39, 0.29) is 5.92 Å². The fourth-order valence-corrected chi connectivity index (χ4v) is 0.841. The Hall–Kier alpha value is -1.71. The van der Waals surface area contributed by atoms with Crippen LogP contribution >= 0.6 is 0 Å². The van der Waals surface area contributed by atoms with Crippen LogP contribution in [0.3, 0.4) is 0 Å². The molecule has 1 atom stereocenters. The van der Waals surface area contributed by atoms with Crippen LogP contribution in [0.5, 0.6) is 5.75 Å². The normalized spacial score (nSPS) is 10.9. The van der Waals surface area contributed by atoms with Gasteiger partial charge in [-0.3, -0.25) is 4.79 Å². The Morgan fingerprint density at radius 3 is 2.31 bits per heavy atom. The molecule has 1 aromatic carbocycles. The molecule has 0 saturated heterocycles. The Kier molecular flexibility index (Phi) is 6.76. The van der Waals surface area contributed by atoms with Gasteiger partial charge in [0.2, 0.25) is 0 Å². The van der Waals surface area contributed by atoms with Crippen molar-refractivity contribution in [3.05, 3.63) is 24.3 Å². The first-order chi connectivity index (χ1) is 7.52. The third-order valence-electron chi connectivity index (χ3n) is 2.17. The van der Waals surface area contributed by atoms with Gasteiger partial charge in [0, 0.05) is 0 Å². The highest BCUT2D eigenvalue weighted by Gasteiger charge is 2.05. The van der Waals surface area contributed by atoms with E-state index in [0.717, 1.165) is 12.2 Å². The van der Waals surface area contributed by atoms with Gasteiger partial charge in [0.05, 0.1) is 18.7 Å². The van der Waals surface area contributed by atoms with Crippen molar-refractivity contribution in [2.24, 2.45) is 5.92 Å². The molecule has 0 amide bonds. The average Bonchev–Trinajstić information content (AvgIpc) is 2.29. The number of nitrogens with two attached hydrogens (primary N) is 1. The Labute approximate surface area is 96.0 Å². The van der Waals surface area contributed by atoms with Gasteiger partial charge < -0.3 is 15.6 Å². The number of carboxylic acid groups (broad SMARTS) is 1. The molecule has 4 nitrogen and oxygen atoms in total. The summed E-state index contributed by atoms with van der Waals surface area (Å²) in [5.74, 6) is -0.153. The lowest BCUT2D eigenvalue weighted by atomic mass is 10.1. The molecule has 90 valence electrons. The minimum atomic E-state index is -0.706. The van der Waals surface area contributed by atoms with Crippen LogP contribution in [-0.4, -0.2) is 18.2 Å². The van der Waals surface area contributed by atoms with Crippen molar-refractivity contribution in [2.45, 2.75) is 20.3 Å². The van der Waals surface area contributed by atoms with Crippen LogP contribution in [0.1, 0.15) is 20.3 Å². The van der Waals surface area contributed by atoms with Gasteiger partial charge in [-0.2, -0.15) is 0 Å². The molecule has 16 heavy (non-hydrogen) atoms. The van der Waals surface area contributed by atoms with Crippen LogP contribution in [0.2, 0.25) is 0 Å². The summed E-state index contributed by atoms with van der Waals surface area (Å²) in [5, 5.41) is 8.18. The third-order valence-corrected chi connectivity index (χ3v) is 2.17. The van der Waals surface area contributed by atoms with Gasteiger partial charge in [0.1, 0.15) is 5.75 Å². The van der Waals surface area contributed by atoms with Crippen LogP contribution in [0.4, 0.5) is 5.69 Å². The van der Waals surface area contributed by atoms with Gasteiger partial charge in [0.15, 0.2) is 0 Å². The summed E-state index contributed by atoms with van der Waals surface area (Å²) in [4.78, 5) is 9.93. The number of aliphatic carboxylic acids is 1. The number of hydrogen-bond donors (Lipinski definition) is 2. The van der Waals surface area contributed by atoms with Gasteiger partial charge in [0.25, 0.3) is 0 Å². The molecule has 0 aliphatic heterocycles. The van der Waals surface area contributed by atoms with E-state index in [1.165, 1.54) is 0 Å². The molecule has 0 spiro atoms. The van der Waals surface area contributed by atoms with Crippen LogP contribution in [0.25, 0.3) is 0 Å². The van der Waals surface area contributed by atoms with Crippen LogP contribution < -0.4 is 10.5 Å². The molecule has 0 aromatic heterocycles. The lowest BCUT2D eigenvalue weighted by Crippen LogP contribution is -2.06. The topological polar surface area (TPSA) is 72.5 Å². The Morgan fingerprint density at radius 2 is 2.06 bits per heavy atom. The number of nitrogen functional groups attached to an aromatic ring is 1. The Balaban J connectivity index is 0.000000293. The summed E-state index contributed by atoms with van der Waals surface area (Å²) >= 11 is 0. The minimum Gasteiger partial charge on any atom is -0.495 e. The van der Waals surface area contributed by atoms with Crippen molar-refractivity contribution in [3.8, 4) is 5.75 Å². The Bertz CT molecular complexity index is 326. The summed E-state index contributed by atoms with van der Waals surface area (Å²) in [6, 6.07) is 7.39. The molecule has 1 unspecified atom stereocenters. The van der Waals surface area contributed by atoms with Crippen LogP contribution in [0, 0.1) is 5.92 Å². The second-order valence-electron chi connectivity index (χ2n) is 3.39. The van der Waals surface area contributed by atoms with E-state index in [1.54, 1.807) is 20.1 Å². The first kappa shape index (κ1) is 14.3. The highest BCUT2D eigenvalue weighted by molar-refractivity contribution is 5.69. The largest absolute Gasteiger partial charge is 0.495 e. The highest BCUT2D eigenvalue weighted by Crippen LogP contribution is 2.18. The fourth-order valence-electron chi connectivity index (χ4n) is 0.841. The lowest BCUT2D eigenvalue weighted by Gasteiger charge is -2.00. The van der Waals surface area contributed by atoms with Gasteiger partial charge in [-0.15, -0.1) is 0 Å². The monoisotopic (exact) mass is 225 g/mol. The number of benzene rings is 1. The van der Waals surface area contributed by atoms with E-state index in [4.69, 9.17) is 15.6 Å². The molecule has 4 heteroatoms. The molecule has 0 saturated carbocycles. The molecule has 3 N–H and O–H groups in total. The molecule has 0 aliphatic carbocycles. The molecular formula is C12H19NO3. The summed E-state index contributed by atoms with van der Waals surface area (Å²) in [5.41, 5.74) is 6.19. The predicted molar refractivity (Wildman–Crippen MR) is 64.5 cm³/mol. The maximum absolute atomic E-state index is 9.93. The minimum absolute atomic E-state index is 0.181. The summed E-state index contributed by atoms with van der Waals surface area (Å²) in [6.45, 7) is 3.56. The second-order valence-corrected chi connectivity index (χ2v) is 3.39. The van der Waals surface area contributed by atoms with Gasteiger partial charge in [-0.05, 0) is 18.6 Å². The second kappa shape index (κ2) is 7.56. The first-order valence-electron chi connectivity index (χ1n) is 5.14. The number of ether oxygens (including phenoxy) is 1. The average molecular weight is 225 g/mol. The molecule has 0 heterocycles. The fraction of sp³-hybridized carbons (Fsp3) is 0.417. The van der Waals surface area contributed by atoms with Crippen molar-refractivity contribution in [1.29, 1.82) is 0 Å². The standard InChI is InChI=1S/C7H9NO.C5H10O2/c1-9-7-5-3-2-4-6(7)8;1-3-4(2)5(6)7/h2-5H,8H2,1H3;4H,3H2,1-2H3,(H,6,7). The lowest BCUT2D eigenvalue weighted by molar-refractivity contribution is -0.141. The Morgan fingerprint density at radius 1 is 1.50 bits per heavy atom. The third kappa shape index (κ3) is 5.24. The van der Waals surface area contributed by atoms with Gasteiger partial charge in [-0.25, -0.2) is 0 Å². The van der Waals surface area contributed by atoms with E-state index in [9.17, 15) is 4.79 Å². The van der Waals surface area contributed by atoms with E-state index in [0.29, 0.717) is 5.69 Å². The number of carboxylic acids is 1. The van der Waals surface area contributed by atoms with E-state index in [2.05, 4.69) is 0 Å². The zero-order chi connectivity index (χ0) is 12.6. The van der Waals surface area contributed by atoms with Crippen molar-refractivity contribution in [2.75, 3.05) is 12.8 Å². The van der Waals surface area contributed by atoms with Crippen molar-refractivity contribution in [3.63, 3.8) is 0 Å². The van der Waals surface area contributed by atoms with E-state index in [1.807, 2.05) is 25.1 Å². The van der Waals surface area contributed by atoms with Crippen molar-refractivity contribution >= 4 is 11.7 Å². The number of anilines is 1.